The maximum Gasteiger partial charge on any atom is 0.250 e. The van der Waals surface area contributed by atoms with Crippen molar-refractivity contribution in [2.75, 3.05) is 11.4 Å². The molecule has 0 aliphatic carbocycles. The number of hydrogen-bond donors (Lipinski definition) is 1. The van der Waals surface area contributed by atoms with Crippen LogP contribution in [0.3, 0.4) is 0 Å². The van der Waals surface area contributed by atoms with Crippen molar-refractivity contribution in [2.24, 2.45) is 5.92 Å². The molecule has 0 radical (unpaired) electrons. The van der Waals surface area contributed by atoms with Crippen molar-refractivity contribution < 1.29 is 14.0 Å². The first-order valence-electron chi connectivity index (χ1n) is 6.27. The van der Waals surface area contributed by atoms with E-state index in [1.54, 1.807) is 19.1 Å². The Balaban J connectivity index is 2.37. The molecule has 1 heterocycles. The molecule has 4 nitrogen and oxygen atoms in total. The summed E-state index contributed by atoms with van der Waals surface area (Å²) in [6.45, 7) is 5.33. The molecule has 1 saturated heterocycles. The Hall–Kier alpha value is -1.91. The summed E-state index contributed by atoms with van der Waals surface area (Å²) >= 11 is 0. The predicted molar refractivity (Wildman–Crippen MR) is 70.3 cm³/mol. The van der Waals surface area contributed by atoms with Crippen molar-refractivity contribution in [1.82, 2.24) is 5.32 Å². The van der Waals surface area contributed by atoms with Gasteiger partial charge in [0.05, 0.1) is 5.69 Å². The summed E-state index contributed by atoms with van der Waals surface area (Å²) in [5.41, 5.74) is 0.937. The van der Waals surface area contributed by atoms with Crippen LogP contribution in [0.5, 0.6) is 0 Å². The molecule has 0 aromatic heterocycles. The Labute approximate surface area is 111 Å². The highest BCUT2D eigenvalue weighted by Gasteiger charge is 2.36. The Morgan fingerprint density at radius 2 is 2.05 bits per heavy atom. The Kier molecular flexibility index (Phi) is 3.55. The van der Waals surface area contributed by atoms with Gasteiger partial charge in [-0.1, -0.05) is 19.9 Å². The molecule has 1 atom stereocenters. The van der Waals surface area contributed by atoms with Crippen LogP contribution in [0.1, 0.15) is 19.4 Å². The molecule has 1 aliphatic rings. The number of nitrogens with one attached hydrogen (secondary N) is 1. The van der Waals surface area contributed by atoms with E-state index in [0.717, 1.165) is 5.56 Å². The molecule has 1 unspecified atom stereocenters. The number of carbonyl (C=O) groups is 2. The Bertz CT molecular complexity index is 528. The van der Waals surface area contributed by atoms with Gasteiger partial charge in [-0.05, 0) is 30.5 Å². The lowest BCUT2D eigenvalue weighted by Crippen LogP contribution is -2.60. The quantitative estimate of drug-likeness (QED) is 0.882. The summed E-state index contributed by atoms with van der Waals surface area (Å²) in [6, 6.07) is 4.03. The molecule has 0 spiro atoms. The van der Waals surface area contributed by atoms with Crippen LogP contribution in [-0.2, 0) is 9.59 Å². The zero-order valence-electron chi connectivity index (χ0n) is 11.2. The molecular formula is C14H17FN2O2. The third kappa shape index (κ3) is 2.59. The minimum Gasteiger partial charge on any atom is -0.342 e. The number of benzene rings is 1. The zero-order valence-corrected chi connectivity index (χ0v) is 11.2. The summed E-state index contributed by atoms with van der Waals surface area (Å²) in [5, 5.41) is 2.64. The lowest BCUT2D eigenvalue weighted by atomic mass is 10.00. The number of nitrogens with zero attached hydrogens (tertiary/aromatic N) is 1. The second-order valence-corrected chi connectivity index (χ2v) is 5.17. The molecule has 1 aliphatic heterocycles. The first-order valence-corrected chi connectivity index (χ1v) is 6.27. The summed E-state index contributed by atoms with van der Waals surface area (Å²) < 4.78 is 13.9. The van der Waals surface area contributed by atoms with Gasteiger partial charge in [0, 0.05) is 0 Å². The van der Waals surface area contributed by atoms with E-state index in [9.17, 15) is 14.0 Å². The second-order valence-electron chi connectivity index (χ2n) is 5.17. The maximum absolute atomic E-state index is 13.9. The average molecular weight is 264 g/mol. The number of amides is 2. The molecule has 5 heteroatoms. The molecule has 2 amide bonds. The summed E-state index contributed by atoms with van der Waals surface area (Å²) in [6.07, 6.45) is 0. The second kappa shape index (κ2) is 4.99. The van der Waals surface area contributed by atoms with Crippen molar-refractivity contribution in [1.29, 1.82) is 0 Å². The molecule has 1 aromatic rings. The molecule has 1 N–H and O–H groups in total. The lowest BCUT2D eigenvalue weighted by Gasteiger charge is -2.34. The topological polar surface area (TPSA) is 49.4 Å². The summed E-state index contributed by atoms with van der Waals surface area (Å²) in [7, 11) is 0. The number of hydrogen-bond acceptors (Lipinski definition) is 2. The fraction of sp³-hybridized carbons (Fsp3) is 0.429. The molecular weight excluding hydrogens is 247 g/mol. The normalized spacial score (nSPS) is 19.8. The maximum atomic E-state index is 13.9. The highest BCUT2D eigenvalue weighted by Crippen LogP contribution is 2.23. The molecule has 102 valence electrons. The first kappa shape index (κ1) is 13.5. The van der Waals surface area contributed by atoms with Gasteiger partial charge < -0.3 is 5.32 Å². The largest absolute Gasteiger partial charge is 0.342 e. The highest BCUT2D eigenvalue weighted by molar-refractivity contribution is 6.06. The van der Waals surface area contributed by atoms with Gasteiger partial charge in [-0.2, -0.15) is 0 Å². The Morgan fingerprint density at radius 3 is 2.63 bits per heavy atom. The molecule has 19 heavy (non-hydrogen) atoms. The van der Waals surface area contributed by atoms with Crippen LogP contribution in [0.25, 0.3) is 0 Å². The number of carbonyl (C=O) groups excluding carboxylic acids is 2. The highest BCUT2D eigenvalue weighted by atomic mass is 19.1. The van der Waals surface area contributed by atoms with E-state index in [2.05, 4.69) is 5.32 Å². The minimum absolute atomic E-state index is 0.0345. The Morgan fingerprint density at radius 1 is 1.37 bits per heavy atom. The van der Waals surface area contributed by atoms with Gasteiger partial charge in [0.25, 0.3) is 0 Å². The zero-order chi connectivity index (χ0) is 14.2. The predicted octanol–water partition coefficient (Wildman–Crippen LogP) is 1.62. The van der Waals surface area contributed by atoms with Crippen molar-refractivity contribution in [3.63, 3.8) is 0 Å². The monoisotopic (exact) mass is 264 g/mol. The van der Waals surface area contributed by atoms with Crippen molar-refractivity contribution >= 4 is 17.5 Å². The van der Waals surface area contributed by atoms with E-state index in [0.29, 0.717) is 0 Å². The van der Waals surface area contributed by atoms with E-state index in [1.807, 2.05) is 13.8 Å². The van der Waals surface area contributed by atoms with Crippen LogP contribution in [0.15, 0.2) is 18.2 Å². The standard InChI is InChI=1S/C14H17FN2O2/c1-8(2)13-14(19)17(7-12(18)16-13)11-5-4-9(3)6-10(11)15/h4-6,8,13H,7H2,1-3H3,(H,16,18). The average Bonchev–Trinajstić information content (AvgIpc) is 2.32. The summed E-state index contributed by atoms with van der Waals surface area (Å²) in [4.78, 5) is 25.2. The molecule has 2 rings (SSSR count). The van der Waals surface area contributed by atoms with Crippen LogP contribution < -0.4 is 10.2 Å². The smallest absolute Gasteiger partial charge is 0.250 e. The van der Waals surface area contributed by atoms with E-state index in [1.165, 1.54) is 11.0 Å². The third-order valence-electron chi connectivity index (χ3n) is 3.21. The van der Waals surface area contributed by atoms with Gasteiger partial charge in [-0.3, -0.25) is 14.5 Å². The van der Waals surface area contributed by atoms with Crippen LogP contribution in [0.2, 0.25) is 0 Å². The third-order valence-corrected chi connectivity index (χ3v) is 3.21. The van der Waals surface area contributed by atoms with E-state index >= 15 is 0 Å². The SMILES string of the molecule is Cc1ccc(N2CC(=O)NC(C(C)C)C2=O)c(F)c1. The first-order chi connectivity index (χ1) is 8.90. The van der Waals surface area contributed by atoms with E-state index in [-0.39, 0.29) is 30.0 Å². The van der Waals surface area contributed by atoms with Gasteiger partial charge in [0.15, 0.2) is 0 Å². The lowest BCUT2D eigenvalue weighted by molar-refractivity contribution is -0.132. The van der Waals surface area contributed by atoms with Crippen LogP contribution in [-0.4, -0.2) is 24.4 Å². The summed E-state index contributed by atoms with van der Waals surface area (Å²) in [5.74, 6) is -1.05. The number of anilines is 1. The fourth-order valence-corrected chi connectivity index (χ4v) is 2.16. The van der Waals surface area contributed by atoms with Crippen molar-refractivity contribution in [2.45, 2.75) is 26.8 Å². The number of piperazine rings is 1. The van der Waals surface area contributed by atoms with Gasteiger partial charge in [-0.25, -0.2) is 4.39 Å². The van der Waals surface area contributed by atoms with Gasteiger partial charge in [0.2, 0.25) is 11.8 Å². The van der Waals surface area contributed by atoms with Crippen LogP contribution >= 0.6 is 0 Å². The number of rotatable bonds is 2. The van der Waals surface area contributed by atoms with Crippen LogP contribution in [0, 0.1) is 18.7 Å². The van der Waals surface area contributed by atoms with Crippen LogP contribution in [0.4, 0.5) is 10.1 Å². The van der Waals surface area contributed by atoms with Gasteiger partial charge in [0.1, 0.15) is 18.4 Å². The number of aryl methyl sites for hydroxylation is 1. The molecule has 1 aromatic carbocycles. The molecule has 0 bridgehead atoms. The molecule has 1 fully saturated rings. The minimum atomic E-state index is -0.595. The van der Waals surface area contributed by atoms with E-state index in [4.69, 9.17) is 0 Å². The van der Waals surface area contributed by atoms with Crippen molar-refractivity contribution in [3.8, 4) is 0 Å². The fourth-order valence-electron chi connectivity index (χ4n) is 2.16. The van der Waals surface area contributed by atoms with Crippen molar-refractivity contribution in [3.05, 3.63) is 29.6 Å². The van der Waals surface area contributed by atoms with Gasteiger partial charge >= 0.3 is 0 Å². The van der Waals surface area contributed by atoms with Gasteiger partial charge in [-0.15, -0.1) is 0 Å². The molecule has 0 saturated carbocycles. The number of halogens is 1. The van der Waals surface area contributed by atoms with E-state index < -0.39 is 11.9 Å².